The minimum Gasteiger partial charge on any atom is -0.322 e. The largest absolute Gasteiger partial charge is 0.322 e. The number of carbonyl (C=O) groups excluding carboxylic acids is 2. The number of halogens is 1. The fraction of sp³-hybridized carbons (Fsp3) is 0.222. The number of nitrogens with zero attached hydrogens (tertiary/aromatic N) is 1. The molecule has 2 aromatic rings. The van der Waals surface area contributed by atoms with Crippen LogP contribution in [-0.2, 0) is 9.59 Å². The molecule has 0 aromatic heterocycles. The Morgan fingerprint density at radius 2 is 1.87 bits per heavy atom. The van der Waals surface area contributed by atoms with E-state index in [1.54, 1.807) is 12.1 Å². The van der Waals surface area contributed by atoms with Gasteiger partial charge in [-0.3, -0.25) is 14.5 Å². The fourth-order valence-electron chi connectivity index (χ4n) is 2.74. The first-order valence-corrected chi connectivity index (χ1v) is 7.50. The van der Waals surface area contributed by atoms with Crippen molar-refractivity contribution in [3.8, 4) is 0 Å². The summed E-state index contributed by atoms with van der Waals surface area (Å²) in [5.41, 5.74) is 1.89. The number of carbonyl (C=O) groups is 2. The number of rotatable bonds is 3. The van der Waals surface area contributed by atoms with Crippen LogP contribution in [0.2, 0.25) is 0 Å². The third-order valence-electron chi connectivity index (χ3n) is 3.96. The second-order valence-electron chi connectivity index (χ2n) is 5.62. The van der Waals surface area contributed by atoms with Crippen LogP contribution < -0.4 is 10.2 Å². The van der Waals surface area contributed by atoms with E-state index in [1.165, 1.54) is 17.0 Å². The van der Waals surface area contributed by atoms with Gasteiger partial charge in [0.15, 0.2) is 0 Å². The quantitative estimate of drug-likeness (QED) is 0.945. The minimum atomic E-state index is -0.621. The molecule has 2 aromatic carbocycles. The summed E-state index contributed by atoms with van der Waals surface area (Å²) in [5.74, 6) is -0.962. The van der Waals surface area contributed by atoms with Gasteiger partial charge in [-0.25, -0.2) is 4.39 Å². The summed E-state index contributed by atoms with van der Waals surface area (Å²) in [7, 11) is 0. The van der Waals surface area contributed by atoms with Crippen LogP contribution in [0, 0.1) is 12.7 Å². The summed E-state index contributed by atoms with van der Waals surface area (Å²) in [4.78, 5) is 26.2. The molecule has 1 aliphatic heterocycles. The maximum Gasteiger partial charge on any atom is 0.247 e. The van der Waals surface area contributed by atoms with Crippen LogP contribution in [0.25, 0.3) is 0 Å². The van der Waals surface area contributed by atoms with Crippen molar-refractivity contribution < 1.29 is 14.0 Å². The molecule has 3 rings (SSSR count). The van der Waals surface area contributed by atoms with Crippen molar-refractivity contribution in [3.63, 3.8) is 0 Å². The number of amides is 2. The van der Waals surface area contributed by atoms with E-state index in [0.29, 0.717) is 18.5 Å². The average molecular weight is 312 g/mol. The Hall–Kier alpha value is -2.69. The standard InChI is InChI=1S/C18H17FN2O2/c1-12-6-8-13(9-7-12)21-16(10-11-17(21)22)18(23)20-15-5-3-2-4-14(15)19/h2-9,16H,10-11H2,1H3,(H,20,23). The molecule has 23 heavy (non-hydrogen) atoms. The molecular weight excluding hydrogens is 295 g/mol. The van der Waals surface area contributed by atoms with Gasteiger partial charge in [-0.1, -0.05) is 29.8 Å². The lowest BCUT2D eigenvalue weighted by Crippen LogP contribution is -2.41. The fourth-order valence-corrected chi connectivity index (χ4v) is 2.74. The van der Waals surface area contributed by atoms with Gasteiger partial charge in [-0.2, -0.15) is 0 Å². The Labute approximate surface area is 133 Å². The highest BCUT2D eigenvalue weighted by atomic mass is 19.1. The van der Waals surface area contributed by atoms with Gasteiger partial charge in [0.05, 0.1) is 5.69 Å². The first-order chi connectivity index (χ1) is 11.1. The predicted octanol–water partition coefficient (Wildman–Crippen LogP) is 3.27. The van der Waals surface area contributed by atoms with E-state index in [0.717, 1.165) is 5.56 Å². The molecule has 0 spiro atoms. The van der Waals surface area contributed by atoms with Crippen LogP contribution in [0.15, 0.2) is 48.5 Å². The molecule has 0 aliphatic carbocycles. The first-order valence-electron chi connectivity index (χ1n) is 7.50. The Kier molecular flexibility index (Phi) is 4.10. The van der Waals surface area contributed by atoms with Crippen LogP contribution in [0.1, 0.15) is 18.4 Å². The van der Waals surface area contributed by atoms with E-state index in [1.807, 2.05) is 31.2 Å². The highest BCUT2D eigenvalue weighted by Crippen LogP contribution is 2.28. The van der Waals surface area contributed by atoms with E-state index in [2.05, 4.69) is 5.32 Å². The van der Waals surface area contributed by atoms with Crippen LogP contribution in [-0.4, -0.2) is 17.9 Å². The molecule has 5 heteroatoms. The zero-order valence-electron chi connectivity index (χ0n) is 12.8. The Balaban J connectivity index is 1.83. The van der Waals surface area contributed by atoms with E-state index < -0.39 is 11.9 Å². The molecule has 0 bridgehead atoms. The minimum absolute atomic E-state index is 0.0949. The molecule has 1 atom stereocenters. The van der Waals surface area contributed by atoms with Gasteiger partial charge in [0.25, 0.3) is 0 Å². The summed E-state index contributed by atoms with van der Waals surface area (Å²) in [6, 6.07) is 12.8. The first kappa shape index (κ1) is 15.2. The molecule has 0 radical (unpaired) electrons. The van der Waals surface area contributed by atoms with Crippen molar-refractivity contribution in [1.82, 2.24) is 0 Å². The number of aryl methyl sites for hydroxylation is 1. The molecule has 0 saturated carbocycles. The van der Waals surface area contributed by atoms with E-state index >= 15 is 0 Å². The lowest BCUT2D eigenvalue weighted by Gasteiger charge is -2.24. The Morgan fingerprint density at radius 3 is 2.57 bits per heavy atom. The molecule has 2 amide bonds. The average Bonchev–Trinajstić information content (AvgIpc) is 2.92. The van der Waals surface area contributed by atoms with Crippen molar-refractivity contribution in [3.05, 3.63) is 59.9 Å². The van der Waals surface area contributed by atoms with Crippen LogP contribution >= 0.6 is 0 Å². The van der Waals surface area contributed by atoms with Gasteiger partial charge in [0, 0.05) is 12.1 Å². The molecule has 1 saturated heterocycles. The van der Waals surface area contributed by atoms with Crippen molar-refractivity contribution in [2.75, 3.05) is 10.2 Å². The van der Waals surface area contributed by atoms with Gasteiger partial charge < -0.3 is 5.32 Å². The van der Waals surface area contributed by atoms with Gasteiger partial charge in [-0.05, 0) is 37.6 Å². The van der Waals surface area contributed by atoms with Crippen LogP contribution in [0.5, 0.6) is 0 Å². The smallest absolute Gasteiger partial charge is 0.247 e. The normalized spacial score (nSPS) is 17.4. The lowest BCUT2D eigenvalue weighted by atomic mass is 10.1. The predicted molar refractivity (Wildman–Crippen MR) is 86.7 cm³/mol. The summed E-state index contributed by atoms with van der Waals surface area (Å²) < 4.78 is 13.7. The number of para-hydroxylation sites is 1. The number of hydrogen-bond donors (Lipinski definition) is 1. The number of hydrogen-bond acceptors (Lipinski definition) is 2. The number of nitrogens with one attached hydrogen (secondary N) is 1. The molecular formula is C18H17FN2O2. The van der Waals surface area contributed by atoms with Crippen molar-refractivity contribution in [2.45, 2.75) is 25.8 Å². The Bertz CT molecular complexity index is 743. The monoisotopic (exact) mass is 312 g/mol. The van der Waals surface area contributed by atoms with Crippen LogP contribution in [0.4, 0.5) is 15.8 Å². The molecule has 118 valence electrons. The second-order valence-corrected chi connectivity index (χ2v) is 5.62. The molecule has 1 N–H and O–H groups in total. The van der Waals surface area contributed by atoms with Gasteiger partial charge in [-0.15, -0.1) is 0 Å². The van der Waals surface area contributed by atoms with Gasteiger partial charge in [0.1, 0.15) is 11.9 Å². The highest BCUT2D eigenvalue weighted by molar-refractivity contribution is 6.07. The highest BCUT2D eigenvalue weighted by Gasteiger charge is 2.37. The lowest BCUT2D eigenvalue weighted by molar-refractivity contribution is -0.120. The maximum absolute atomic E-state index is 13.7. The number of benzene rings is 2. The zero-order chi connectivity index (χ0) is 16.4. The second kappa shape index (κ2) is 6.20. The van der Waals surface area contributed by atoms with Crippen molar-refractivity contribution >= 4 is 23.2 Å². The van der Waals surface area contributed by atoms with Gasteiger partial charge in [0.2, 0.25) is 11.8 Å². The van der Waals surface area contributed by atoms with Crippen molar-refractivity contribution in [1.29, 1.82) is 0 Å². The molecule has 4 nitrogen and oxygen atoms in total. The third kappa shape index (κ3) is 3.08. The maximum atomic E-state index is 13.7. The van der Waals surface area contributed by atoms with E-state index in [9.17, 15) is 14.0 Å². The topological polar surface area (TPSA) is 49.4 Å². The van der Waals surface area contributed by atoms with Gasteiger partial charge >= 0.3 is 0 Å². The zero-order valence-corrected chi connectivity index (χ0v) is 12.8. The molecule has 1 heterocycles. The summed E-state index contributed by atoms with van der Waals surface area (Å²) in [6.07, 6.45) is 0.732. The third-order valence-corrected chi connectivity index (χ3v) is 3.96. The summed E-state index contributed by atoms with van der Waals surface area (Å²) in [5, 5.41) is 2.58. The summed E-state index contributed by atoms with van der Waals surface area (Å²) >= 11 is 0. The molecule has 1 unspecified atom stereocenters. The Morgan fingerprint density at radius 1 is 1.17 bits per heavy atom. The van der Waals surface area contributed by atoms with E-state index in [4.69, 9.17) is 0 Å². The number of anilines is 2. The van der Waals surface area contributed by atoms with Crippen LogP contribution in [0.3, 0.4) is 0 Å². The summed E-state index contributed by atoms with van der Waals surface area (Å²) in [6.45, 7) is 1.96. The van der Waals surface area contributed by atoms with E-state index in [-0.39, 0.29) is 17.5 Å². The SMILES string of the molecule is Cc1ccc(N2C(=O)CCC2C(=O)Nc2ccccc2F)cc1. The molecule has 1 aliphatic rings. The van der Waals surface area contributed by atoms with Crippen molar-refractivity contribution in [2.24, 2.45) is 0 Å². The molecule has 1 fully saturated rings.